The smallest absolute Gasteiger partial charge is 0.194 e. The summed E-state index contributed by atoms with van der Waals surface area (Å²) in [5.41, 5.74) is 0.751. The van der Waals surface area contributed by atoms with Crippen molar-refractivity contribution in [1.29, 1.82) is 0 Å². The molecular weight excluding hydrogens is 473 g/mol. The van der Waals surface area contributed by atoms with E-state index < -0.39 is 0 Å². The molecule has 0 aliphatic carbocycles. The van der Waals surface area contributed by atoms with Crippen LogP contribution in [0.3, 0.4) is 0 Å². The summed E-state index contributed by atoms with van der Waals surface area (Å²) in [6, 6.07) is 5.47. The Labute approximate surface area is 185 Å². The first-order chi connectivity index (χ1) is 13.2. The number of methoxy groups -OCH3 is 2. The first-order valence-corrected chi connectivity index (χ1v) is 9.68. The highest BCUT2D eigenvalue weighted by atomic mass is 127. The van der Waals surface area contributed by atoms with Crippen molar-refractivity contribution in [2.75, 3.05) is 47.1 Å². The number of phenols is 1. The molecule has 1 aliphatic heterocycles. The second kappa shape index (κ2) is 13.8. The van der Waals surface area contributed by atoms with Crippen molar-refractivity contribution in [2.24, 2.45) is 4.99 Å². The van der Waals surface area contributed by atoms with Gasteiger partial charge in [-0.15, -0.1) is 24.0 Å². The summed E-state index contributed by atoms with van der Waals surface area (Å²) in [7, 11) is 3.26. The third-order valence-corrected chi connectivity index (χ3v) is 4.62. The van der Waals surface area contributed by atoms with E-state index >= 15 is 0 Å². The lowest BCUT2D eigenvalue weighted by Crippen LogP contribution is -2.47. The summed E-state index contributed by atoms with van der Waals surface area (Å²) in [6.45, 7) is 6.57. The van der Waals surface area contributed by atoms with Crippen LogP contribution < -0.4 is 10.1 Å². The van der Waals surface area contributed by atoms with E-state index in [0.29, 0.717) is 18.4 Å². The molecule has 1 aliphatic rings. The molecule has 0 unspecified atom stereocenters. The molecule has 1 fully saturated rings. The van der Waals surface area contributed by atoms with Gasteiger partial charge in [0.2, 0.25) is 0 Å². The fourth-order valence-corrected chi connectivity index (χ4v) is 3.13. The Kier molecular flexibility index (Phi) is 12.2. The predicted octanol–water partition coefficient (Wildman–Crippen LogP) is 3.00. The second-order valence-electron chi connectivity index (χ2n) is 6.54. The number of halogens is 1. The molecular formula is C20H34IN3O4. The van der Waals surface area contributed by atoms with E-state index in [9.17, 15) is 5.11 Å². The van der Waals surface area contributed by atoms with Gasteiger partial charge in [-0.05, 0) is 32.3 Å². The van der Waals surface area contributed by atoms with Crippen molar-refractivity contribution in [2.45, 2.75) is 38.8 Å². The monoisotopic (exact) mass is 507 g/mol. The Morgan fingerprint density at radius 3 is 2.64 bits per heavy atom. The molecule has 2 N–H and O–H groups in total. The summed E-state index contributed by atoms with van der Waals surface area (Å²) in [4.78, 5) is 6.97. The van der Waals surface area contributed by atoms with Crippen molar-refractivity contribution in [3.05, 3.63) is 23.8 Å². The topological polar surface area (TPSA) is 75.6 Å². The van der Waals surface area contributed by atoms with Gasteiger partial charge in [0.1, 0.15) is 0 Å². The average Bonchev–Trinajstić information content (AvgIpc) is 2.70. The van der Waals surface area contributed by atoms with Crippen LogP contribution in [0.5, 0.6) is 11.5 Å². The lowest BCUT2D eigenvalue weighted by Gasteiger charge is -2.34. The molecule has 0 saturated carbocycles. The average molecular weight is 507 g/mol. The molecule has 0 bridgehead atoms. The standard InChI is InChI=1S/C20H33N3O4.HI/c1-4-21-20(22-15-16-7-5-8-18(26-3)19(16)24)23-11-9-17(10-12-23)27-14-6-13-25-2;/h5,7-8,17,24H,4,6,9-15H2,1-3H3,(H,21,22);1H. The molecule has 1 saturated heterocycles. The minimum Gasteiger partial charge on any atom is -0.504 e. The normalized spacial score (nSPS) is 15.2. The minimum absolute atomic E-state index is 0. The first kappa shape index (κ1) is 24.8. The minimum atomic E-state index is 0. The zero-order valence-corrected chi connectivity index (χ0v) is 19.5. The number of para-hydroxylation sites is 1. The van der Waals surface area contributed by atoms with E-state index in [1.54, 1.807) is 20.3 Å². The maximum absolute atomic E-state index is 10.2. The van der Waals surface area contributed by atoms with Gasteiger partial charge in [0.15, 0.2) is 17.5 Å². The number of hydrogen-bond acceptors (Lipinski definition) is 5. The lowest BCUT2D eigenvalue weighted by molar-refractivity contribution is 0.00990. The van der Waals surface area contributed by atoms with Gasteiger partial charge in [0, 0.05) is 45.5 Å². The number of nitrogens with one attached hydrogen (secondary N) is 1. The highest BCUT2D eigenvalue weighted by Gasteiger charge is 2.22. The first-order valence-electron chi connectivity index (χ1n) is 9.68. The zero-order valence-electron chi connectivity index (χ0n) is 17.1. The van der Waals surface area contributed by atoms with Gasteiger partial charge >= 0.3 is 0 Å². The van der Waals surface area contributed by atoms with Crippen LogP contribution in [-0.4, -0.2) is 69.1 Å². The van der Waals surface area contributed by atoms with Gasteiger partial charge in [-0.3, -0.25) is 0 Å². The summed E-state index contributed by atoms with van der Waals surface area (Å²) in [6.07, 6.45) is 3.22. The van der Waals surface area contributed by atoms with Crippen LogP contribution in [0.4, 0.5) is 0 Å². The Bertz CT molecular complexity index is 593. The third-order valence-electron chi connectivity index (χ3n) is 4.62. The maximum Gasteiger partial charge on any atom is 0.194 e. The maximum atomic E-state index is 10.2. The number of hydrogen-bond donors (Lipinski definition) is 2. The Morgan fingerprint density at radius 1 is 1.25 bits per heavy atom. The molecule has 160 valence electrons. The number of guanidine groups is 1. The highest BCUT2D eigenvalue weighted by Crippen LogP contribution is 2.29. The van der Waals surface area contributed by atoms with E-state index in [4.69, 9.17) is 19.2 Å². The molecule has 0 atom stereocenters. The molecule has 1 aromatic carbocycles. The molecule has 1 aromatic rings. The fourth-order valence-electron chi connectivity index (χ4n) is 3.13. The number of aromatic hydroxyl groups is 1. The molecule has 7 nitrogen and oxygen atoms in total. The van der Waals surface area contributed by atoms with Crippen molar-refractivity contribution < 1.29 is 19.3 Å². The molecule has 0 aromatic heterocycles. The second-order valence-corrected chi connectivity index (χ2v) is 6.54. The van der Waals surface area contributed by atoms with Crippen molar-refractivity contribution in [3.63, 3.8) is 0 Å². The Balaban J connectivity index is 0.00000392. The van der Waals surface area contributed by atoms with Crippen LogP contribution in [0, 0.1) is 0 Å². The number of nitrogens with zero attached hydrogens (tertiary/aromatic N) is 2. The van der Waals surface area contributed by atoms with Crippen LogP contribution in [0.2, 0.25) is 0 Å². The Hall–Kier alpha value is -1.26. The predicted molar refractivity (Wildman–Crippen MR) is 122 cm³/mol. The summed E-state index contributed by atoms with van der Waals surface area (Å²) in [5, 5.41) is 13.6. The van der Waals surface area contributed by atoms with E-state index in [1.165, 1.54) is 0 Å². The number of ether oxygens (including phenoxy) is 3. The quantitative estimate of drug-likeness (QED) is 0.232. The van der Waals surface area contributed by atoms with Gasteiger partial charge in [0.05, 0.1) is 19.8 Å². The highest BCUT2D eigenvalue weighted by molar-refractivity contribution is 14.0. The molecule has 0 amide bonds. The van der Waals surface area contributed by atoms with Crippen LogP contribution in [0.25, 0.3) is 0 Å². The fraction of sp³-hybridized carbons (Fsp3) is 0.650. The zero-order chi connectivity index (χ0) is 19.5. The van der Waals surface area contributed by atoms with E-state index in [0.717, 1.165) is 63.6 Å². The van der Waals surface area contributed by atoms with E-state index in [2.05, 4.69) is 17.1 Å². The number of phenolic OH excluding ortho intramolecular Hbond substituents is 1. The number of aliphatic imine (C=N–C) groups is 1. The molecule has 1 heterocycles. The van der Waals surface area contributed by atoms with Gasteiger partial charge < -0.3 is 29.5 Å². The van der Waals surface area contributed by atoms with Gasteiger partial charge in [-0.2, -0.15) is 0 Å². The molecule has 0 radical (unpaired) electrons. The van der Waals surface area contributed by atoms with Gasteiger partial charge in [-0.1, -0.05) is 12.1 Å². The molecule has 2 rings (SSSR count). The lowest BCUT2D eigenvalue weighted by atomic mass is 10.1. The SMILES string of the molecule is CCNC(=NCc1cccc(OC)c1O)N1CCC(OCCCOC)CC1.I. The number of benzene rings is 1. The molecule has 28 heavy (non-hydrogen) atoms. The van der Waals surface area contributed by atoms with Crippen LogP contribution in [-0.2, 0) is 16.0 Å². The van der Waals surface area contributed by atoms with Crippen molar-refractivity contribution in [3.8, 4) is 11.5 Å². The summed E-state index contributed by atoms with van der Waals surface area (Å²) < 4.78 is 16.2. The number of rotatable bonds is 9. The van der Waals surface area contributed by atoms with Crippen molar-refractivity contribution in [1.82, 2.24) is 10.2 Å². The number of piperidine rings is 1. The largest absolute Gasteiger partial charge is 0.504 e. The molecule has 8 heteroatoms. The van der Waals surface area contributed by atoms with E-state index in [-0.39, 0.29) is 29.7 Å². The summed E-state index contributed by atoms with van der Waals surface area (Å²) >= 11 is 0. The third kappa shape index (κ3) is 7.63. The van der Waals surface area contributed by atoms with Crippen LogP contribution in [0.1, 0.15) is 31.7 Å². The molecule has 0 spiro atoms. The number of likely N-dealkylation sites (tertiary alicyclic amines) is 1. The van der Waals surface area contributed by atoms with E-state index in [1.807, 2.05) is 12.1 Å². The summed E-state index contributed by atoms with van der Waals surface area (Å²) in [5.74, 6) is 1.50. The van der Waals surface area contributed by atoms with Crippen LogP contribution in [0.15, 0.2) is 23.2 Å². The van der Waals surface area contributed by atoms with Gasteiger partial charge in [0.25, 0.3) is 0 Å². The van der Waals surface area contributed by atoms with Gasteiger partial charge in [-0.25, -0.2) is 4.99 Å². The van der Waals surface area contributed by atoms with Crippen molar-refractivity contribution >= 4 is 29.9 Å². The van der Waals surface area contributed by atoms with Crippen LogP contribution >= 0.6 is 24.0 Å². The Morgan fingerprint density at radius 2 is 2.00 bits per heavy atom.